The molecule has 1 aliphatic rings. The van der Waals surface area contributed by atoms with Crippen LogP contribution in [0.2, 0.25) is 0 Å². The van der Waals surface area contributed by atoms with Crippen LogP contribution in [0.1, 0.15) is 10.4 Å². The van der Waals surface area contributed by atoms with Gasteiger partial charge >= 0.3 is 5.97 Å². The zero-order chi connectivity index (χ0) is 11.5. The largest absolute Gasteiger partial charge is 0.459 e. The lowest BCUT2D eigenvalue weighted by Gasteiger charge is -2.01. The van der Waals surface area contributed by atoms with Crippen LogP contribution in [0.15, 0.2) is 24.3 Å². The van der Waals surface area contributed by atoms with Crippen LogP contribution in [0.3, 0.4) is 0 Å². The fraction of sp³-hybridized carbons (Fsp3) is 0.300. The van der Waals surface area contributed by atoms with Gasteiger partial charge in [0.1, 0.15) is 12.7 Å². The molecule has 6 nitrogen and oxygen atoms in total. The Balaban J connectivity index is 1.96. The Morgan fingerprint density at radius 3 is 2.62 bits per heavy atom. The normalized spacial score (nSPS) is 17.9. The zero-order valence-corrected chi connectivity index (χ0v) is 8.29. The second-order valence-corrected chi connectivity index (χ2v) is 3.36. The second kappa shape index (κ2) is 4.28. The summed E-state index contributed by atoms with van der Waals surface area (Å²) in [6, 6.07) is 5.27. The van der Waals surface area contributed by atoms with E-state index in [1.54, 1.807) is 0 Å². The minimum absolute atomic E-state index is 0.0157. The molecule has 0 bridgehead atoms. The van der Waals surface area contributed by atoms with Crippen LogP contribution in [0.25, 0.3) is 0 Å². The van der Waals surface area contributed by atoms with Gasteiger partial charge in [0.15, 0.2) is 0 Å². The summed E-state index contributed by atoms with van der Waals surface area (Å²) < 4.78 is 9.80. The Morgan fingerprint density at radius 2 is 2.12 bits per heavy atom. The molecule has 0 saturated carbocycles. The van der Waals surface area contributed by atoms with Gasteiger partial charge in [-0.15, -0.1) is 0 Å². The molecule has 1 aromatic carbocycles. The van der Waals surface area contributed by atoms with E-state index in [2.05, 4.69) is 0 Å². The molecule has 0 N–H and O–H groups in total. The molecule has 6 heteroatoms. The van der Waals surface area contributed by atoms with Crippen molar-refractivity contribution in [1.29, 1.82) is 0 Å². The SMILES string of the molecule is O=C(OCC1CO1)c1ccc([N+](=O)[O-])cc1. The molecule has 84 valence electrons. The molecular formula is C10H9NO5. The highest BCUT2D eigenvalue weighted by atomic mass is 16.6. The first kappa shape index (κ1) is 10.6. The highest BCUT2D eigenvalue weighted by Gasteiger charge is 2.24. The van der Waals surface area contributed by atoms with Crippen molar-refractivity contribution in [3.05, 3.63) is 39.9 Å². The van der Waals surface area contributed by atoms with Crippen LogP contribution in [0.4, 0.5) is 5.69 Å². The molecule has 1 fully saturated rings. The quantitative estimate of drug-likeness (QED) is 0.331. The van der Waals surface area contributed by atoms with Gasteiger partial charge in [-0.25, -0.2) is 4.79 Å². The Morgan fingerprint density at radius 1 is 1.50 bits per heavy atom. The maximum atomic E-state index is 11.4. The number of nitro groups is 1. The molecular weight excluding hydrogens is 214 g/mol. The van der Waals surface area contributed by atoms with E-state index < -0.39 is 10.9 Å². The van der Waals surface area contributed by atoms with Gasteiger partial charge in [0.25, 0.3) is 5.69 Å². The van der Waals surface area contributed by atoms with Crippen molar-refractivity contribution in [3.63, 3.8) is 0 Å². The van der Waals surface area contributed by atoms with E-state index in [1.165, 1.54) is 24.3 Å². The van der Waals surface area contributed by atoms with Crippen molar-refractivity contribution >= 4 is 11.7 Å². The van der Waals surface area contributed by atoms with Gasteiger partial charge in [-0.3, -0.25) is 10.1 Å². The first-order valence-corrected chi connectivity index (χ1v) is 4.70. The average Bonchev–Trinajstić information content (AvgIpc) is 3.10. The molecule has 1 unspecified atom stereocenters. The fourth-order valence-electron chi connectivity index (χ4n) is 1.14. The molecule has 0 aromatic heterocycles. The molecule has 0 amide bonds. The van der Waals surface area contributed by atoms with E-state index in [4.69, 9.17) is 9.47 Å². The number of rotatable bonds is 4. The van der Waals surface area contributed by atoms with Crippen molar-refractivity contribution in [2.24, 2.45) is 0 Å². The van der Waals surface area contributed by atoms with Gasteiger partial charge in [0.05, 0.1) is 17.1 Å². The summed E-state index contributed by atoms with van der Waals surface area (Å²) in [6.07, 6.45) is 0.0157. The van der Waals surface area contributed by atoms with E-state index in [1.807, 2.05) is 0 Å². The number of nitro benzene ring substituents is 1. The summed E-state index contributed by atoms with van der Waals surface area (Å²) >= 11 is 0. The van der Waals surface area contributed by atoms with Crippen LogP contribution in [0, 0.1) is 10.1 Å². The summed E-state index contributed by atoms with van der Waals surface area (Å²) in [4.78, 5) is 21.3. The minimum Gasteiger partial charge on any atom is -0.459 e. The van der Waals surface area contributed by atoms with E-state index in [0.29, 0.717) is 12.2 Å². The second-order valence-electron chi connectivity index (χ2n) is 3.36. The monoisotopic (exact) mass is 223 g/mol. The Hall–Kier alpha value is -1.95. The molecule has 16 heavy (non-hydrogen) atoms. The third-order valence-electron chi connectivity index (χ3n) is 2.12. The summed E-state index contributed by atoms with van der Waals surface area (Å²) in [5, 5.41) is 10.4. The van der Waals surface area contributed by atoms with Crippen LogP contribution in [-0.4, -0.2) is 30.2 Å². The lowest BCUT2D eigenvalue weighted by molar-refractivity contribution is -0.384. The number of epoxide rings is 1. The van der Waals surface area contributed by atoms with Crippen molar-refractivity contribution in [3.8, 4) is 0 Å². The van der Waals surface area contributed by atoms with Crippen LogP contribution < -0.4 is 0 Å². The molecule has 1 saturated heterocycles. The Labute approximate surface area is 90.9 Å². The van der Waals surface area contributed by atoms with Crippen LogP contribution >= 0.6 is 0 Å². The average molecular weight is 223 g/mol. The molecule has 1 atom stereocenters. The van der Waals surface area contributed by atoms with E-state index in [-0.39, 0.29) is 18.4 Å². The number of ether oxygens (including phenoxy) is 2. The fourth-order valence-corrected chi connectivity index (χ4v) is 1.14. The van der Waals surface area contributed by atoms with Gasteiger partial charge in [-0.1, -0.05) is 0 Å². The van der Waals surface area contributed by atoms with Crippen molar-refractivity contribution < 1.29 is 19.2 Å². The summed E-state index contributed by atoms with van der Waals surface area (Å²) in [5.41, 5.74) is 0.244. The van der Waals surface area contributed by atoms with Crippen LogP contribution in [0.5, 0.6) is 0 Å². The third kappa shape index (κ3) is 2.54. The van der Waals surface area contributed by atoms with Crippen molar-refractivity contribution in [2.45, 2.75) is 6.10 Å². The topological polar surface area (TPSA) is 82.0 Å². The predicted octanol–water partition coefficient (Wildman–Crippen LogP) is 1.15. The molecule has 0 radical (unpaired) electrons. The lowest BCUT2D eigenvalue weighted by Crippen LogP contribution is -2.09. The number of hydrogen-bond acceptors (Lipinski definition) is 5. The first-order valence-electron chi connectivity index (χ1n) is 4.70. The molecule has 0 aliphatic carbocycles. The molecule has 2 rings (SSSR count). The van der Waals surface area contributed by atoms with E-state index in [9.17, 15) is 14.9 Å². The third-order valence-corrected chi connectivity index (χ3v) is 2.12. The smallest absolute Gasteiger partial charge is 0.338 e. The number of hydrogen-bond donors (Lipinski definition) is 0. The minimum atomic E-state index is -0.521. The molecule has 0 spiro atoms. The van der Waals surface area contributed by atoms with Gasteiger partial charge in [0, 0.05) is 12.1 Å². The predicted molar refractivity (Wildman–Crippen MR) is 53.1 cm³/mol. The summed E-state index contributed by atoms with van der Waals surface area (Å²) in [7, 11) is 0. The van der Waals surface area contributed by atoms with Gasteiger partial charge in [0.2, 0.25) is 0 Å². The van der Waals surface area contributed by atoms with Gasteiger partial charge < -0.3 is 9.47 Å². The summed E-state index contributed by atoms with van der Waals surface area (Å²) in [6.45, 7) is 0.851. The molecule has 1 aliphatic heterocycles. The van der Waals surface area contributed by atoms with Gasteiger partial charge in [-0.05, 0) is 12.1 Å². The number of esters is 1. The number of benzene rings is 1. The molecule has 1 aromatic rings. The number of non-ortho nitro benzene ring substituents is 1. The van der Waals surface area contributed by atoms with E-state index >= 15 is 0 Å². The van der Waals surface area contributed by atoms with Crippen LogP contribution in [-0.2, 0) is 9.47 Å². The number of carbonyl (C=O) groups excluding carboxylic acids is 1. The lowest BCUT2D eigenvalue weighted by atomic mass is 10.2. The Bertz CT molecular complexity index is 410. The number of carbonyl (C=O) groups is 1. The Kier molecular flexibility index (Phi) is 2.82. The highest BCUT2D eigenvalue weighted by Crippen LogP contribution is 2.14. The molecule has 1 heterocycles. The summed E-state index contributed by atoms with van der Waals surface area (Å²) in [5.74, 6) is -0.495. The first-order chi connectivity index (χ1) is 7.66. The number of nitrogens with zero attached hydrogens (tertiary/aromatic N) is 1. The zero-order valence-electron chi connectivity index (χ0n) is 8.29. The maximum Gasteiger partial charge on any atom is 0.338 e. The van der Waals surface area contributed by atoms with Crippen molar-refractivity contribution in [2.75, 3.05) is 13.2 Å². The van der Waals surface area contributed by atoms with Crippen molar-refractivity contribution in [1.82, 2.24) is 0 Å². The van der Waals surface area contributed by atoms with E-state index in [0.717, 1.165) is 0 Å². The highest BCUT2D eigenvalue weighted by molar-refractivity contribution is 5.89. The maximum absolute atomic E-state index is 11.4. The standard InChI is InChI=1S/C10H9NO5/c12-10(16-6-9-5-15-9)7-1-3-8(4-2-7)11(13)14/h1-4,9H,5-6H2. The van der Waals surface area contributed by atoms with Gasteiger partial charge in [-0.2, -0.15) is 0 Å².